The third-order valence-corrected chi connectivity index (χ3v) is 13.4. The zero-order chi connectivity index (χ0) is 27.9. The Balaban J connectivity index is 1.25. The quantitative estimate of drug-likeness (QED) is 0.338. The summed E-state index contributed by atoms with van der Waals surface area (Å²) in [5.41, 5.74) is -3.58. The van der Waals surface area contributed by atoms with Gasteiger partial charge in [0.1, 0.15) is 0 Å². The van der Waals surface area contributed by atoms with Crippen LogP contribution in [-0.4, -0.2) is 52.5 Å². The minimum atomic E-state index is -4.12. The minimum absolute atomic E-state index is 0.0687. The number of rotatable bonds is 8. The molecule has 0 aromatic heterocycles. The summed E-state index contributed by atoms with van der Waals surface area (Å²) in [6, 6.07) is 13.1. The van der Waals surface area contributed by atoms with Gasteiger partial charge in [-0.1, -0.05) is 59.7 Å². The first-order valence-corrected chi connectivity index (χ1v) is 16.5. The zero-order valence-electron chi connectivity index (χ0n) is 22.3. The largest absolute Gasteiger partial charge is 0.359 e. The number of ether oxygens (including phenoxy) is 2. The van der Waals surface area contributed by atoms with Gasteiger partial charge in [0.05, 0.1) is 56.2 Å². The molecule has 2 saturated carbocycles. The van der Waals surface area contributed by atoms with Crippen LogP contribution < -0.4 is 0 Å². The van der Waals surface area contributed by atoms with Crippen molar-refractivity contribution < 1.29 is 34.7 Å². The highest BCUT2D eigenvalue weighted by atomic mass is 32.2. The molecule has 4 aliphatic heterocycles. The van der Waals surface area contributed by atoms with Gasteiger partial charge in [0, 0.05) is 0 Å². The Morgan fingerprint density at radius 2 is 0.875 bits per heavy atom. The molecular weight excluding hydrogens is 552 g/mol. The van der Waals surface area contributed by atoms with E-state index in [1.165, 1.54) is 24.3 Å². The Bertz CT molecular complexity index is 1560. The monoisotopic (exact) mass is 582 g/mol. The molecule has 0 radical (unpaired) electrons. The van der Waals surface area contributed by atoms with Crippen molar-refractivity contribution in [3.8, 4) is 0 Å². The van der Waals surface area contributed by atoms with Crippen LogP contribution in [0, 0.1) is 24.7 Å². The van der Waals surface area contributed by atoms with E-state index >= 15 is 0 Å². The highest BCUT2D eigenvalue weighted by Gasteiger charge is 2.98. The Morgan fingerprint density at radius 1 is 0.575 bits per heavy atom. The second kappa shape index (κ2) is 7.35. The smallest absolute Gasteiger partial charge is 0.296 e. The van der Waals surface area contributed by atoms with Crippen LogP contribution in [0.1, 0.15) is 36.8 Å². The summed E-state index contributed by atoms with van der Waals surface area (Å²) >= 11 is 0. The Kier molecular flexibility index (Phi) is 4.66. The summed E-state index contributed by atoms with van der Waals surface area (Å²) in [4.78, 5) is 0.137. The van der Waals surface area contributed by atoms with Gasteiger partial charge in [0.15, 0.2) is 0 Å². The Hall–Kier alpha value is -2.34. The predicted octanol–water partition coefficient (Wildman–Crippen LogP) is 4.13. The van der Waals surface area contributed by atoms with Crippen LogP contribution in [0.5, 0.6) is 0 Å². The van der Waals surface area contributed by atoms with Gasteiger partial charge in [-0.15, -0.1) is 0 Å². The van der Waals surface area contributed by atoms with Crippen molar-refractivity contribution in [2.75, 3.05) is 13.2 Å². The lowest BCUT2D eigenvalue weighted by molar-refractivity contribution is -0.110. The number of aryl methyl sites for hydroxylation is 2. The molecule has 4 fully saturated rings. The minimum Gasteiger partial charge on any atom is -0.359 e. The van der Waals surface area contributed by atoms with E-state index in [0.717, 1.165) is 11.1 Å². The van der Waals surface area contributed by atoms with Crippen LogP contribution in [0.15, 0.2) is 82.6 Å². The summed E-state index contributed by atoms with van der Waals surface area (Å²) in [6.45, 7) is 3.35. The fourth-order valence-electron chi connectivity index (χ4n) is 9.15. The Morgan fingerprint density at radius 3 is 1.18 bits per heavy atom. The fourth-order valence-corrected chi connectivity index (χ4v) is 11.0. The SMILES string of the molecule is Cc1ccc(S(=O)(=O)OCC23C4(COS(=O)(=O)c5ccc(C)cc5)[C@@]56C=C[C@]2(CC[C@]32C=C[C@@]4(CC5)O2)O6)cc1. The van der Waals surface area contributed by atoms with Crippen LogP contribution in [0.2, 0.25) is 0 Å². The molecule has 0 N–H and O–H groups in total. The molecule has 10 heteroatoms. The first kappa shape index (κ1) is 25.4. The molecule has 2 aromatic rings. The van der Waals surface area contributed by atoms with Crippen LogP contribution in [0.4, 0.5) is 0 Å². The normalized spacial score (nSPS) is 41.4. The molecule has 6 atom stereocenters. The van der Waals surface area contributed by atoms with E-state index in [9.17, 15) is 16.8 Å². The van der Waals surface area contributed by atoms with Crippen LogP contribution in [-0.2, 0) is 38.1 Å². The zero-order valence-corrected chi connectivity index (χ0v) is 23.9. The van der Waals surface area contributed by atoms with Crippen molar-refractivity contribution in [1.82, 2.24) is 0 Å². The molecule has 2 aromatic carbocycles. The van der Waals surface area contributed by atoms with E-state index in [0.29, 0.717) is 25.7 Å². The van der Waals surface area contributed by atoms with Crippen molar-refractivity contribution in [2.24, 2.45) is 10.8 Å². The van der Waals surface area contributed by atoms with E-state index < -0.39 is 53.5 Å². The van der Waals surface area contributed by atoms with Gasteiger partial charge in [0.2, 0.25) is 0 Å². The second-order valence-electron chi connectivity index (χ2n) is 12.3. The van der Waals surface area contributed by atoms with Gasteiger partial charge in [0.25, 0.3) is 20.2 Å². The molecule has 0 amide bonds. The van der Waals surface area contributed by atoms with Crippen molar-refractivity contribution in [3.63, 3.8) is 0 Å². The molecule has 4 spiro atoms. The third-order valence-electron chi connectivity index (χ3n) is 10.8. The summed E-state index contributed by atoms with van der Waals surface area (Å²) < 4.78 is 79.7. The summed E-state index contributed by atoms with van der Waals surface area (Å²) in [6.07, 6.45) is 10.6. The molecule has 2 unspecified atom stereocenters. The van der Waals surface area contributed by atoms with E-state index in [1.807, 2.05) is 38.2 Å². The molecule has 8 nitrogen and oxygen atoms in total. The average molecular weight is 583 g/mol. The predicted molar refractivity (Wildman–Crippen MR) is 143 cm³/mol. The molecule has 40 heavy (non-hydrogen) atoms. The molecule has 2 aliphatic carbocycles. The summed E-state index contributed by atoms with van der Waals surface area (Å²) in [7, 11) is -8.24. The molecule has 4 bridgehead atoms. The van der Waals surface area contributed by atoms with Gasteiger partial charge in [-0.3, -0.25) is 8.37 Å². The highest BCUT2D eigenvalue weighted by Crippen LogP contribution is 2.89. The van der Waals surface area contributed by atoms with Crippen LogP contribution in [0.3, 0.4) is 0 Å². The maximum atomic E-state index is 13.5. The molecule has 6 aliphatic rings. The first-order valence-electron chi connectivity index (χ1n) is 13.6. The summed E-state index contributed by atoms with van der Waals surface area (Å²) in [5.74, 6) is 0. The second-order valence-corrected chi connectivity index (χ2v) is 15.5. The molecule has 4 heterocycles. The topological polar surface area (TPSA) is 105 Å². The van der Waals surface area contributed by atoms with Crippen molar-refractivity contribution in [1.29, 1.82) is 0 Å². The van der Waals surface area contributed by atoms with Gasteiger partial charge >= 0.3 is 0 Å². The lowest BCUT2D eigenvalue weighted by Crippen LogP contribution is -2.66. The summed E-state index contributed by atoms with van der Waals surface area (Å²) in [5, 5.41) is 0. The first-order chi connectivity index (χ1) is 18.9. The number of benzene rings is 2. The van der Waals surface area contributed by atoms with E-state index in [1.54, 1.807) is 24.3 Å². The standard InChI is InChI=1S/C30H30O8S2/c1-21-3-7-23(8-4-21)39(31,32)35-19-29-25-11-12-26(29)16-18-28(38-26)14-13-27(37-25,17-15-25)30(28,29)20-36-40(33,34)24-9-5-22(2)6-10-24/h3-10,15-18H,11-14,19-20H2,1-2H3/t25-,26-,27-,28+,29?,30?/m0/s1. The fraction of sp³-hybridized carbons (Fsp3) is 0.467. The molecule has 2 saturated heterocycles. The van der Waals surface area contributed by atoms with Gasteiger partial charge in [-0.25, -0.2) is 0 Å². The van der Waals surface area contributed by atoms with Gasteiger partial charge in [-0.2, -0.15) is 16.8 Å². The van der Waals surface area contributed by atoms with Crippen molar-refractivity contribution in [3.05, 3.63) is 84.0 Å². The number of hydrogen-bond acceptors (Lipinski definition) is 8. The third kappa shape index (κ3) is 2.59. The molecule has 210 valence electrons. The van der Waals surface area contributed by atoms with Crippen LogP contribution >= 0.6 is 0 Å². The average Bonchev–Trinajstić information content (AvgIpc) is 3.71. The molecule has 8 rings (SSSR count). The maximum Gasteiger partial charge on any atom is 0.296 e. The highest BCUT2D eigenvalue weighted by molar-refractivity contribution is 7.87. The van der Waals surface area contributed by atoms with Crippen molar-refractivity contribution in [2.45, 2.75) is 71.7 Å². The van der Waals surface area contributed by atoms with E-state index in [2.05, 4.69) is 0 Å². The lowest BCUT2D eigenvalue weighted by Gasteiger charge is -2.53. The Labute approximate surface area is 234 Å². The van der Waals surface area contributed by atoms with E-state index in [4.69, 9.17) is 17.8 Å². The van der Waals surface area contributed by atoms with Crippen LogP contribution in [0.25, 0.3) is 0 Å². The van der Waals surface area contributed by atoms with Gasteiger partial charge < -0.3 is 9.47 Å². The number of hydrogen-bond donors (Lipinski definition) is 0. The molecular formula is C30H30O8S2. The maximum absolute atomic E-state index is 13.5. The lowest BCUT2D eigenvalue weighted by atomic mass is 9.45. The van der Waals surface area contributed by atoms with Crippen molar-refractivity contribution >= 4 is 20.2 Å². The van der Waals surface area contributed by atoms with E-state index in [-0.39, 0.29) is 23.0 Å². The van der Waals surface area contributed by atoms with Gasteiger partial charge in [-0.05, 0) is 63.8 Å².